The number of carbonyl (C=O) groups is 1. The number of rotatable bonds is 6. The average molecular weight is 444 g/mol. The molecule has 2 aromatic heterocycles. The number of thiazole rings is 1. The molecule has 1 aliphatic rings. The molecule has 1 aliphatic heterocycles. The van der Waals surface area contributed by atoms with E-state index in [1.807, 2.05) is 25.7 Å². The monoisotopic (exact) mass is 443 g/mol. The molecule has 9 heteroatoms. The molecule has 0 aliphatic carbocycles. The molecule has 4 rings (SSSR count). The second-order valence-electron chi connectivity index (χ2n) is 7.70. The highest BCUT2D eigenvalue weighted by atomic mass is 32.1. The van der Waals surface area contributed by atoms with E-state index in [9.17, 15) is 4.79 Å². The van der Waals surface area contributed by atoms with E-state index < -0.39 is 11.9 Å². The summed E-state index contributed by atoms with van der Waals surface area (Å²) in [6.07, 6.45) is 3.17. The molecular formula is C22H26FN5O2S. The Hall–Kier alpha value is -2.81. The van der Waals surface area contributed by atoms with Crippen LogP contribution in [0.3, 0.4) is 0 Å². The van der Waals surface area contributed by atoms with Crippen LogP contribution in [-0.4, -0.2) is 33.6 Å². The maximum absolute atomic E-state index is 15.1. The van der Waals surface area contributed by atoms with Gasteiger partial charge in [0.25, 0.3) is 0 Å². The molecule has 31 heavy (non-hydrogen) atoms. The van der Waals surface area contributed by atoms with Gasteiger partial charge in [0.15, 0.2) is 0 Å². The minimum atomic E-state index is -0.409. The number of amides is 1. The van der Waals surface area contributed by atoms with Crippen molar-refractivity contribution >= 4 is 22.9 Å². The second-order valence-corrected chi connectivity index (χ2v) is 8.99. The third kappa shape index (κ3) is 4.61. The van der Waals surface area contributed by atoms with Crippen molar-refractivity contribution in [2.45, 2.75) is 59.0 Å². The number of hydrogen-bond acceptors (Lipinski definition) is 7. The molecule has 164 valence electrons. The molecule has 1 atom stereocenters. The minimum absolute atomic E-state index is 0.0977. The topological polar surface area (TPSA) is 84.2 Å². The number of anilines is 1. The highest BCUT2D eigenvalue weighted by Crippen LogP contribution is 2.30. The van der Waals surface area contributed by atoms with Crippen LogP contribution in [0.2, 0.25) is 0 Å². The highest BCUT2D eigenvalue weighted by Gasteiger charge is 2.30. The van der Waals surface area contributed by atoms with E-state index in [-0.39, 0.29) is 5.91 Å². The SMILES string of the molecule is CCc1nc(-c2ccc(N3CCCCC3C(=O)NCc3nc(C)c(C)s3)c(F)c2)no1. The summed E-state index contributed by atoms with van der Waals surface area (Å²) in [4.78, 5) is 24.7. The lowest BCUT2D eigenvalue weighted by molar-refractivity contribution is -0.123. The van der Waals surface area contributed by atoms with Gasteiger partial charge < -0.3 is 14.7 Å². The number of halogens is 1. The summed E-state index contributed by atoms with van der Waals surface area (Å²) < 4.78 is 20.2. The summed E-state index contributed by atoms with van der Waals surface area (Å²) >= 11 is 1.59. The summed E-state index contributed by atoms with van der Waals surface area (Å²) in [6, 6.07) is 4.47. The standard InChI is InChI=1S/C22H26FN5O2S/c1-4-19-26-21(27-30-19)15-8-9-17(16(23)11-15)28-10-6-5-7-18(28)22(29)24-12-20-25-13(2)14(3)31-20/h8-9,11,18H,4-7,10,12H2,1-3H3,(H,24,29). The molecule has 3 aromatic rings. The zero-order valence-corrected chi connectivity index (χ0v) is 18.8. The Morgan fingerprint density at radius 2 is 2.16 bits per heavy atom. The summed E-state index contributed by atoms with van der Waals surface area (Å²) in [5.41, 5.74) is 1.96. The van der Waals surface area contributed by atoms with Gasteiger partial charge in [0.05, 0.1) is 17.9 Å². The average Bonchev–Trinajstić information content (AvgIpc) is 3.38. The Morgan fingerprint density at radius 3 is 2.84 bits per heavy atom. The molecule has 1 amide bonds. The zero-order valence-electron chi connectivity index (χ0n) is 17.9. The fourth-order valence-corrected chi connectivity index (χ4v) is 4.66. The van der Waals surface area contributed by atoms with E-state index in [0.29, 0.717) is 48.9 Å². The van der Waals surface area contributed by atoms with Crippen LogP contribution in [0.25, 0.3) is 11.4 Å². The lowest BCUT2D eigenvalue weighted by atomic mass is 10.00. The molecule has 7 nitrogen and oxygen atoms in total. The van der Waals surface area contributed by atoms with Gasteiger partial charge in [-0.3, -0.25) is 4.79 Å². The van der Waals surface area contributed by atoms with E-state index in [1.165, 1.54) is 6.07 Å². The van der Waals surface area contributed by atoms with Gasteiger partial charge in [-0.25, -0.2) is 9.37 Å². The number of nitrogens with one attached hydrogen (secondary N) is 1. The van der Waals surface area contributed by atoms with Gasteiger partial charge >= 0.3 is 0 Å². The number of benzene rings is 1. The number of nitrogens with zero attached hydrogens (tertiary/aromatic N) is 4. The van der Waals surface area contributed by atoms with Crippen molar-refractivity contribution in [2.24, 2.45) is 0 Å². The van der Waals surface area contributed by atoms with Gasteiger partial charge in [-0.05, 0) is 51.3 Å². The lowest BCUT2D eigenvalue weighted by Crippen LogP contribution is -2.49. The quantitative estimate of drug-likeness (QED) is 0.615. The number of hydrogen-bond donors (Lipinski definition) is 1. The van der Waals surface area contributed by atoms with Crippen molar-refractivity contribution in [2.75, 3.05) is 11.4 Å². The van der Waals surface area contributed by atoms with Crippen LogP contribution < -0.4 is 10.2 Å². The largest absolute Gasteiger partial charge is 0.357 e. The van der Waals surface area contributed by atoms with E-state index in [4.69, 9.17) is 4.52 Å². The number of aryl methyl sites for hydroxylation is 3. The lowest BCUT2D eigenvalue weighted by Gasteiger charge is -2.36. The smallest absolute Gasteiger partial charge is 0.243 e. The Labute approximate surface area is 184 Å². The number of aromatic nitrogens is 3. The molecule has 0 saturated carbocycles. The van der Waals surface area contributed by atoms with Crippen molar-refractivity contribution in [3.05, 3.63) is 45.5 Å². The summed E-state index contributed by atoms with van der Waals surface area (Å²) in [6.45, 7) is 6.92. The van der Waals surface area contributed by atoms with Crippen molar-refractivity contribution in [1.82, 2.24) is 20.4 Å². The van der Waals surface area contributed by atoms with Crippen molar-refractivity contribution in [3.63, 3.8) is 0 Å². The molecule has 0 bridgehead atoms. The molecule has 1 saturated heterocycles. The van der Waals surface area contributed by atoms with Crippen molar-refractivity contribution < 1.29 is 13.7 Å². The molecule has 1 fully saturated rings. The molecule has 1 aromatic carbocycles. The van der Waals surface area contributed by atoms with E-state index in [1.54, 1.807) is 23.5 Å². The Kier molecular flexibility index (Phi) is 6.31. The van der Waals surface area contributed by atoms with Crippen LogP contribution >= 0.6 is 11.3 Å². The van der Waals surface area contributed by atoms with Gasteiger partial charge in [0.1, 0.15) is 16.9 Å². The number of carbonyl (C=O) groups excluding carboxylic acids is 1. The molecule has 0 spiro atoms. The Bertz CT molecular complexity index is 1060. The molecule has 3 heterocycles. The van der Waals surface area contributed by atoms with Crippen LogP contribution in [0.4, 0.5) is 10.1 Å². The normalized spacial score (nSPS) is 16.5. The summed E-state index contributed by atoms with van der Waals surface area (Å²) in [7, 11) is 0. The second kappa shape index (κ2) is 9.13. The van der Waals surface area contributed by atoms with Crippen molar-refractivity contribution in [3.8, 4) is 11.4 Å². The molecule has 1 N–H and O–H groups in total. The van der Waals surface area contributed by atoms with E-state index in [0.717, 1.165) is 28.4 Å². The van der Waals surface area contributed by atoms with Crippen LogP contribution in [0, 0.1) is 19.7 Å². The maximum Gasteiger partial charge on any atom is 0.243 e. The van der Waals surface area contributed by atoms with Crippen LogP contribution in [0.5, 0.6) is 0 Å². The van der Waals surface area contributed by atoms with E-state index in [2.05, 4.69) is 20.4 Å². The van der Waals surface area contributed by atoms with Crippen LogP contribution in [-0.2, 0) is 17.8 Å². The van der Waals surface area contributed by atoms with Gasteiger partial charge in [-0.15, -0.1) is 11.3 Å². The Morgan fingerprint density at radius 1 is 1.32 bits per heavy atom. The summed E-state index contributed by atoms with van der Waals surface area (Å²) in [5.74, 6) is 0.382. The third-order valence-electron chi connectivity index (χ3n) is 5.58. The molecule has 0 radical (unpaired) electrons. The molecule has 1 unspecified atom stereocenters. The maximum atomic E-state index is 15.1. The summed E-state index contributed by atoms with van der Waals surface area (Å²) in [5, 5.41) is 7.78. The van der Waals surface area contributed by atoms with E-state index >= 15 is 4.39 Å². The molecular weight excluding hydrogens is 417 g/mol. The first-order valence-corrected chi connectivity index (χ1v) is 11.4. The van der Waals surface area contributed by atoms with Gasteiger partial charge in [-0.2, -0.15) is 4.98 Å². The van der Waals surface area contributed by atoms with Crippen molar-refractivity contribution in [1.29, 1.82) is 0 Å². The fourth-order valence-electron chi connectivity index (χ4n) is 3.78. The van der Waals surface area contributed by atoms with Gasteiger partial charge in [-0.1, -0.05) is 12.1 Å². The van der Waals surface area contributed by atoms with Gasteiger partial charge in [0.2, 0.25) is 17.6 Å². The Balaban J connectivity index is 1.50. The first kappa shape index (κ1) is 21.4. The first-order chi connectivity index (χ1) is 15.0. The van der Waals surface area contributed by atoms with Crippen LogP contribution in [0.1, 0.15) is 47.7 Å². The first-order valence-electron chi connectivity index (χ1n) is 10.6. The van der Waals surface area contributed by atoms with Gasteiger partial charge in [0, 0.05) is 23.4 Å². The third-order valence-corrected chi connectivity index (χ3v) is 6.65. The fraction of sp³-hybridized carbons (Fsp3) is 0.455. The predicted octanol–water partition coefficient (Wildman–Crippen LogP) is 4.19. The van der Waals surface area contributed by atoms with Crippen LogP contribution in [0.15, 0.2) is 22.7 Å². The predicted molar refractivity (Wildman–Crippen MR) is 117 cm³/mol. The minimum Gasteiger partial charge on any atom is -0.357 e. The highest BCUT2D eigenvalue weighted by molar-refractivity contribution is 7.11. The zero-order chi connectivity index (χ0) is 22.0. The number of piperidine rings is 1.